The zero-order valence-corrected chi connectivity index (χ0v) is 9.99. The summed E-state index contributed by atoms with van der Waals surface area (Å²) in [5.74, 6) is 0.0730. The highest BCUT2D eigenvalue weighted by atomic mass is 32.1. The first-order chi connectivity index (χ1) is 7.22. The van der Waals surface area contributed by atoms with Crippen LogP contribution in [0.15, 0.2) is 6.20 Å². The third kappa shape index (κ3) is 4.90. The lowest BCUT2D eigenvalue weighted by atomic mass is 10.4. The maximum atomic E-state index is 11.3. The molecular weight excluding hydrogens is 210 g/mol. The monoisotopic (exact) mass is 227 g/mol. The van der Waals surface area contributed by atoms with E-state index >= 15 is 0 Å². The highest BCUT2D eigenvalue weighted by Gasteiger charge is 2.02. The smallest absolute Gasteiger partial charge is 0.221 e. The number of hydrogen-bond acceptors (Lipinski definition) is 4. The van der Waals surface area contributed by atoms with Crippen molar-refractivity contribution in [2.75, 3.05) is 13.1 Å². The molecule has 1 aromatic heterocycles. The molecule has 84 valence electrons. The summed E-state index contributed by atoms with van der Waals surface area (Å²) in [5.41, 5.74) is 0. The molecule has 0 aliphatic heterocycles. The average molecular weight is 227 g/mol. The normalized spacial score (nSPS) is 10.3. The lowest BCUT2D eigenvalue weighted by molar-refractivity contribution is -0.121. The van der Waals surface area contributed by atoms with Crippen molar-refractivity contribution in [1.29, 1.82) is 0 Å². The third-order valence-corrected chi connectivity index (χ3v) is 2.80. The number of rotatable bonds is 6. The van der Waals surface area contributed by atoms with Gasteiger partial charge in [0.25, 0.3) is 0 Å². The first kappa shape index (κ1) is 12.1. The highest BCUT2D eigenvalue weighted by molar-refractivity contribution is 7.11. The second kappa shape index (κ2) is 6.53. The van der Waals surface area contributed by atoms with Crippen LogP contribution in [-0.2, 0) is 11.3 Å². The SMILES string of the molecule is CCNCCC(=O)NCc1ncc(C)s1. The summed E-state index contributed by atoms with van der Waals surface area (Å²) >= 11 is 1.62. The lowest BCUT2D eigenvalue weighted by Gasteiger charge is -2.03. The van der Waals surface area contributed by atoms with E-state index in [4.69, 9.17) is 0 Å². The number of carbonyl (C=O) groups excluding carboxylic acids is 1. The molecule has 0 atom stereocenters. The zero-order chi connectivity index (χ0) is 11.1. The molecule has 0 aromatic carbocycles. The van der Waals surface area contributed by atoms with Crippen LogP contribution in [0.1, 0.15) is 23.2 Å². The van der Waals surface area contributed by atoms with Crippen molar-refractivity contribution in [2.45, 2.75) is 26.8 Å². The molecule has 0 spiro atoms. The van der Waals surface area contributed by atoms with Crippen molar-refractivity contribution < 1.29 is 4.79 Å². The van der Waals surface area contributed by atoms with Gasteiger partial charge in [-0.25, -0.2) is 4.98 Å². The highest BCUT2D eigenvalue weighted by Crippen LogP contribution is 2.10. The molecule has 1 amide bonds. The molecule has 1 aromatic rings. The molecule has 0 radical (unpaired) electrons. The number of amides is 1. The van der Waals surface area contributed by atoms with Gasteiger partial charge in [0, 0.05) is 24.0 Å². The Balaban J connectivity index is 2.16. The van der Waals surface area contributed by atoms with Crippen LogP contribution in [0.25, 0.3) is 0 Å². The van der Waals surface area contributed by atoms with Crippen LogP contribution < -0.4 is 10.6 Å². The molecule has 0 unspecified atom stereocenters. The van der Waals surface area contributed by atoms with E-state index < -0.39 is 0 Å². The van der Waals surface area contributed by atoms with Crippen LogP contribution in [0.5, 0.6) is 0 Å². The molecular formula is C10H17N3OS. The summed E-state index contributed by atoms with van der Waals surface area (Å²) in [7, 11) is 0. The topological polar surface area (TPSA) is 54.0 Å². The van der Waals surface area contributed by atoms with Gasteiger partial charge in [-0.15, -0.1) is 11.3 Å². The Morgan fingerprint density at radius 1 is 1.60 bits per heavy atom. The third-order valence-electron chi connectivity index (χ3n) is 1.88. The number of nitrogens with zero attached hydrogens (tertiary/aromatic N) is 1. The summed E-state index contributed by atoms with van der Waals surface area (Å²) in [4.78, 5) is 16.7. The Morgan fingerprint density at radius 3 is 3.00 bits per heavy atom. The van der Waals surface area contributed by atoms with Crippen molar-refractivity contribution >= 4 is 17.2 Å². The summed E-state index contributed by atoms with van der Waals surface area (Å²) in [6.07, 6.45) is 2.35. The van der Waals surface area contributed by atoms with Gasteiger partial charge in [0.05, 0.1) is 6.54 Å². The molecule has 4 nitrogen and oxygen atoms in total. The van der Waals surface area contributed by atoms with Crippen molar-refractivity contribution in [2.24, 2.45) is 0 Å². The van der Waals surface area contributed by atoms with Gasteiger partial charge in [0.1, 0.15) is 5.01 Å². The number of aromatic nitrogens is 1. The lowest BCUT2D eigenvalue weighted by Crippen LogP contribution is -2.27. The first-order valence-corrected chi connectivity index (χ1v) is 5.92. The van der Waals surface area contributed by atoms with E-state index in [0.29, 0.717) is 13.0 Å². The van der Waals surface area contributed by atoms with Crippen LogP contribution >= 0.6 is 11.3 Å². The number of hydrogen-bond donors (Lipinski definition) is 2. The number of nitrogens with one attached hydrogen (secondary N) is 2. The second-order valence-corrected chi connectivity index (χ2v) is 4.56. The van der Waals surface area contributed by atoms with Crippen LogP contribution in [-0.4, -0.2) is 24.0 Å². The predicted molar refractivity (Wildman–Crippen MR) is 61.9 cm³/mol. The van der Waals surface area contributed by atoms with E-state index in [-0.39, 0.29) is 5.91 Å². The zero-order valence-electron chi connectivity index (χ0n) is 9.17. The average Bonchev–Trinajstić information content (AvgIpc) is 2.62. The summed E-state index contributed by atoms with van der Waals surface area (Å²) in [6, 6.07) is 0. The Labute approximate surface area is 94.1 Å². The molecule has 0 saturated heterocycles. The summed E-state index contributed by atoms with van der Waals surface area (Å²) in [5, 5.41) is 6.91. The molecule has 0 aliphatic rings. The van der Waals surface area contributed by atoms with Crippen LogP contribution in [0.3, 0.4) is 0 Å². The van der Waals surface area contributed by atoms with Gasteiger partial charge in [0.15, 0.2) is 0 Å². The second-order valence-electron chi connectivity index (χ2n) is 3.24. The molecule has 1 rings (SSSR count). The Kier molecular flexibility index (Phi) is 5.28. The van der Waals surface area contributed by atoms with E-state index in [9.17, 15) is 4.79 Å². The van der Waals surface area contributed by atoms with E-state index in [1.165, 1.54) is 4.88 Å². The molecule has 0 aliphatic carbocycles. The van der Waals surface area contributed by atoms with Crippen molar-refractivity contribution in [1.82, 2.24) is 15.6 Å². The van der Waals surface area contributed by atoms with Crippen molar-refractivity contribution in [3.63, 3.8) is 0 Å². The fourth-order valence-electron chi connectivity index (χ4n) is 1.12. The first-order valence-electron chi connectivity index (χ1n) is 5.11. The fraction of sp³-hybridized carbons (Fsp3) is 0.600. The van der Waals surface area contributed by atoms with Crippen molar-refractivity contribution in [3.05, 3.63) is 16.1 Å². The van der Waals surface area contributed by atoms with Gasteiger partial charge in [-0.2, -0.15) is 0 Å². The largest absolute Gasteiger partial charge is 0.350 e. The van der Waals surface area contributed by atoms with Gasteiger partial charge >= 0.3 is 0 Å². The predicted octanol–water partition coefficient (Wildman–Crippen LogP) is 1.07. The standard InChI is InChI=1S/C10H17N3OS/c1-3-11-5-4-9(14)12-7-10-13-6-8(2)15-10/h6,11H,3-5,7H2,1-2H3,(H,12,14). The number of aryl methyl sites for hydroxylation is 1. The Bertz CT molecular complexity index is 311. The maximum absolute atomic E-state index is 11.3. The molecule has 5 heteroatoms. The van der Waals surface area contributed by atoms with Gasteiger partial charge in [-0.1, -0.05) is 6.92 Å². The van der Waals surface area contributed by atoms with Gasteiger partial charge < -0.3 is 10.6 Å². The Morgan fingerprint density at radius 2 is 2.40 bits per heavy atom. The van der Waals surface area contributed by atoms with Crippen LogP contribution in [0.4, 0.5) is 0 Å². The fourth-order valence-corrected chi connectivity index (χ4v) is 1.85. The number of carbonyl (C=O) groups is 1. The summed E-state index contributed by atoms with van der Waals surface area (Å²) in [6.45, 7) is 6.21. The maximum Gasteiger partial charge on any atom is 0.221 e. The van der Waals surface area contributed by atoms with E-state index in [1.54, 1.807) is 11.3 Å². The minimum Gasteiger partial charge on any atom is -0.350 e. The van der Waals surface area contributed by atoms with Crippen LogP contribution in [0, 0.1) is 6.92 Å². The van der Waals surface area contributed by atoms with Crippen LogP contribution in [0.2, 0.25) is 0 Å². The minimum atomic E-state index is 0.0730. The molecule has 0 fully saturated rings. The van der Waals surface area contributed by atoms with E-state index in [1.807, 2.05) is 20.0 Å². The molecule has 2 N–H and O–H groups in total. The quantitative estimate of drug-likeness (QED) is 0.715. The number of thiazole rings is 1. The van der Waals surface area contributed by atoms with E-state index in [2.05, 4.69) is 15.6 Å². The van der Waals surface area contributed by atoms with Gasteiger partial charge in [-0.3, -0.25) is 4.79 Å². The van der Waals surface area contributed by atoms with Gasteiger partial charge in [0.2, 0.25) is 5.91 Å². The molecule has 15 heavy (non-hydrogen) atoms. The molecule has 0 saturated carbocycles. The summed E-state index contributed by atoms with van der Waals surface area (Å²) < 4.78 is 0. The van der Waals surface area contributed by atoms with E-state index in [0.717, 1.165) is 18.1 Å². The van der Waals surface area contributed by atoms with Gasteiger partial charge in [-0.05, 0) is 13.5 Å². The Hall–Kier alpha value is -0.940. The molecule has 1 heterocycles. The molecule has 0 bridgehead atoms. The minimum absolute atomic E-state index is 0.0730. The van der Waals surface area contributed by atoms with Crippen molar-refractivity contribution in [3.8, 4) is 0 Å².